The average Bonchev–Trinajstić information content (AvgIpc) is 3.31. The Balaban J connectivity index is 1.73. The molecule has 4 aromatic rings. The number of phenolic OH excluding ortho intramolecular Hbond substituents is 1. The first-order valence-electron chi connectivity index (χ1n) is 10.8. The van der Waals surface area contributed by atoms with Crippen LogP contribution in [0.5, 0.6) is 11.8 Å². The number of ether oxygens (including phenoxy) is 1. The van der Waals surface area contributed by atoms with Gasteiger partial charge in [-0.3, -0.25) is 4.98 Å². The van der Waals surface area contributed by atoms with Crippen LogP contribution in [0.25, 0.3) is 32.9 Å². The minimum atomic E-state index is -0.661. The maximum Gasteiger partial charge on any atom is 0.318 e. The van der Waals surface area contributed by atoms with Gasteiger partial charge in [-0.2, -0.15) is 15.2 Å². The maximum absolute atomic E-state index is 16.0. The van der Waals surface area contributed by atoms with Crippen molar-refractivity contribution in [2.24, 2.45) is 5.92 Å². The number of methoxy groups -OCH3 is 1. The SMILES string of the molecule is C#Cc1cccc2cc(O)cc(-c3ncc4c(N5CCC(CC#N)C5)nc(OC)nc4c3F)c12. The van der Waals surface area contributed by atoms with Crippen LogP contribution < -0.4 is 9.64 Å². The highest BCUT2D eigenvalue weighted by atomic mass is 19.1. The van der Waals surface area contributed by atoms with E-state index in [-0.39, 0.29) is 28.9 Å². The van der Waals surface area contributed by atoms with Crippen LogP contribution in [-0.2, 0) is 0 Å². The summed E-state index contributed by atoms with van der Waals surface area (Å²) in [6.07, 6.45) is 8.54. The minimum Gasteiger partial charge on any atom is -0.508 e. The lowest BCUT2D eigenvalue weighted by molar-refractivity contribution is 0.381. The fourth-order valence-corrected chi connectivity index (χ4v) is 4.58. The molecule has 2 aromatic heterocycles. The van der Waals surface area contributed by atoms with Gasteiger partial charge in [0.1, 0.15) is 22.8 Å². The summed E-state index contributed by atoms with van der Waals surface area (Å²) in [5.41, 5.74) is 1.02. The van der Waals surface area contributed by atoms with Crippen molar-refractivity contribution in [3.8, 4) is 41.4 Å². The Morgan fingerprint density at radius 3 is 2.94 bits per heavy atom. The molecular formula is C26H20FN5O2. The number of rotatable bonds is 4. The van der Waals surface area contributed by atoms with Crippen LogP contribution in [0.2, 0.25) is 0 Å². The van der Waals surface area contributed by atoms with E-state index in [0.717, 1.165) is 6.42 Å². The summed E-state index contributed by atoms with van der Waals surface area (Å²) >= 11 is 0. The molecular weight excluding hydrogens is 433 g/mol. The lowest BCUT2D eigenvalue weighted by Crippen LogP contribution is -2.21. The van der Waals surface area contributed by atoms with E-state index < -0.39 is 5.82 Å². The Morgan fingerprint density at radius 2 is 2.18 bits per heavy atom. The zero-order valence-electron chi connectivity index (χ0n) is 18.4. The van der Waals surface area contributed by atoms with E-state index in [0.29, 0.717) is 52.6 Å². The third-order valence-electron chi connectivity index (χ3n) is 6.16. The number of hydrogen-bond acceptors (Lipinski definition) is 7. The summed E-state index contributed by atoms with van der Waals surface area (Å²) in [5.74, 6) is 2.68. The summed E-state index contributed by atoms with van der Waals surface area (Å²) in [7, 11) is 1.43. The van der Waals surface area contributed by atoms with Gasteiger partial charge in [-0.05, 0) is 35.9 Å². The Kier molecular flexibility index (Phi) is 5.35. The number of pyridine rings is 1. The second kappa shape index (κ2) is 8.49. The average molecular weight is 453 g/mol. The van der Waals surface area contributed by atoms with E-state index in [1.165, 1.54) is 19.4 Å². The molecule has 1 saturated heterocycles. The largest absolute Gasteiger partial charge is 0.508 e. The van der Waals surface area contributed by atoms with Gasteiger partial charge in [0.05, 0.1) is 18.6 Å². The molecule has 0 bridgehead atoms. The molecule has 1 aliphatic heterocycles. The van der Waals surface area contributed by atoms with Crippen LogP contribution in [0.15, 0.2) is 36.5 Å². The fraction of sp³-hybridized carbons (Fsp3) is 0.231. The first-order chi connectivity index (χ1) is 16.5. The molecule has 1 fully saturated rings. The first-order valence-corrected chi connectivity index (χ1v) is 10.8. The molecule has 34 heavy (non-hydrogen) atoms. The zero-order valence-corrected chi connectivity index (χ0v) is 18.4. The lowest BCUT2D eigenvalue weighted by Gasteiger charge is -2.20. The molecule has 5 rings (SSSR count). The molecule has 0 radical (unpaired) electrons. The number of fused-ring (bicyclic) bond motifs is 2. The number of aromatic nitrogens is 3. The highest BCUT2D eigenvalue weighted by Gasteiger charge is 2.27. The van der Waals surface area contributed by atoms with Gasteiger partial charge in [-0.15, -0.1) is 6.42 Å². The molecule has 3 heterocycles. The smallest absolute Gasteiger partial charge is 0.318 e. The summed E-state index contributed by atoms with van der Waals surface area (Å²) in [6, 6.07) is 10.6. The Morgan fingerprint density at radius 1 is 1.32 bits per heavy atom. The number of aromatic hydroxyl groups is 1. The van der Waals surface area contributed by atoms with Crippen molar-refractivity contribution >= 4 is 27.5 Å². The number of anilines is 1. The summed E-state index contributed by atoms with van der Waals surface area (Å²) < 4.78 is 21.3. The van der Waals surface area contributed by atoms with Crippen LogP contribution in [0, 0.1) is 35.4 Å². The van der Waals surface area contributed by atoms with Gasteiger partial charge in [-0.1, -0.05) is 18.1 Å². The van der Waals surface area contributed by atoms with Gasteiger partial charge in [0, 0.05) is 42.2 Å². The number of halogens is 1. The van der Waals surface area contributed by atoms with Crippen molar-refractivity contribution in [2.75, 3.05) is 25.1 Å². The molecule has 1 atom stereocenters. The van der Waals surface area contributed by atoms with Crippen molar-refractivity contribution in [3.05, 3.63) is 47.9 Å². The Bertz CT molecular complexity index is 1520. The quantitative estimate of drug-likeness (QED) is 0.457. The van der Waals surface area contributed by atoms with Gasteiger partial charge in [-0.25, -0.2) is 4.39 Å². The molecule has 7 nitrogen and oxygen atoms in total. The molecule has 168 valence electrons. The Labute approximate surface area is 195 Å². The van der Waals surface area contributed by atoms with E-state index in [1.54, 1.807) is 24.3 Å². The third kappa shape index (κ3) is 3.50. The van der Waals surface area contributed by atoms with Crippen molar-refractivity contribution in [2.45, 2.75) is 12.8 Å². The topological polar surface area (TPSA) is 95.2 Å². The van der Waals surface area contributed by atoms with Gasteiger partial charge < -0.3 is 14.7 Å². The predicted molar refractivity (Wildman–Crippen MR) is 127 cm³/mol. The predicted octanol–water partition coefficient (Wildman–Crippen LogP) is 4.42. The molecule has 0 amide bonds. The molecule has 2 aromatic carbocycles. The number of terminal acetylenes is 1. The van der Waals surface area contributed by atoms with Crippen LogP contribution in [0.4, 0.5) is 10.2 Å². The van der Waals surface area contributed by atoms with Gasteiger partial charge in [0.25, 0.3) is 0 Å². The van der Waals surface area contributed by atoms with E-state index >= 15 is 4.39 Å². The monoisotopic (exact) mass is 453 g/mol. The fourth-order valence-electron chi connectivity index (χ4n) is 4.58. The Hall–Kier alpha value is -4.43. The number of hydrogen-bond donors (Lipinski definition) is 1. The van der Waals surface area contributed by atoms with Crippen LogP contribution >= 0.6 is 0 Å². The summed E-state index contributed by atoms with van der Waals surface area (Å²) in [6.45, 7) is 1.32. The third-order valence-corrected chi connectivity index (χ3v) is 6.16. The first kappa shape index (κ1) is 21.4. The second-order valence-corrected chi connectivity index (χ2v) is 8.22. The van der Waals surface area contributed by atoms with Crippen LogP contribution in [-0.4, -0.2) is 40.3 Å². The molecule has 0 spiro atoms. The van der Waals surface area contributed by atoms with Crippen LogP contribution in [0.3, 0.4) is 0 Å². The van der Waals surface area contributed by atoms with Crippen molar-refractivity contribution in [1.29, 1.82) is 5.26 Å². The highest BCUT2D eigenvalue weighted by Crippen LogP contribution is 2.38. The van der Waals surface area contributed by atoms with Crippen molar-refractivity contribution < 1.29 is 14.2 Å². The maximum atomic E-state index is 16.0. The molecule has 0 saturated carbocycles. The van der Waals surface area contributed by atoms with E-state index in [1.807, 2.05) is 4.90 Å². The highest BCUT2D eigenvalue weighted by molar-refractivity contribution is 6.02. The van der Waals surface area contributed by atoms with E-state index in [9.17, 15) is 5.11 Å². The summed E-state index contributed by atoms with van der Waals surface area (Å²) in [5, 5.41) is 21.1. The minimum absolute atomic E-state index is 0.0200. The molecule has 1 aliphatic rings. The molecule has 8 heteroatoms. The lowest BCUT2D eigenvalue weighted by atomic mass is 9.96. The number of nitriles is 1. The van der Waals surface area contributed by atoms with E-state index in [4.69, 9.17) is 16.4 Å². The number of nitrogens with zero attached hydrogens (tertiary/aromatic N) is 5. The molecule has 1 N–H and O–H groups in total. The second-order valence-electron chi connectivity index (χ2n) is 8.22. The van der Waals surface area contributed by atoms with Crippen LogP contribution in [0.1, 0.15) is 18.4 Å². The van der Waals surface area contributed by atoms with Crippen molar-refractivity contribution in [1.82, 2.24) is 15.0 Å². The van der Waals surface area contributed by atoms with Gasteiger partial charge in [0.15, 0.2) is 5.82 Å². The molecule has 0 aliphatic carbocycles. The van der Waals surface area contributed by atoms with Gasteiger partial charge in [0.2, 0.25) is 0 Å². The standard InChI is InChI=1S/C26H20FN5O2/c1-3-16-5-4-6-17-11-18(33)12-19(21(16)17)23-22(27)24-20(13-29-23)25(31-26(30-24)34-2)32-10-8-15(14-32)7-9-28/h1,4-6,11-13,15,33H,7-8,10,14H2,2H3. The summed E-state index contributed by atoms with van der Waals surface area (Å²) in [4.78, 5) is 15.2. The zero-order chi connectivity index (χ0) is 23.8. The normalized spacial score (nSPS) is 15.4. The van der Waals surface area contributed by atoms with Crippen molar-refractivity contribution in [3.63, 3.8) is 0 Å². The number of benzene rings is 2. The number of phenols is 1. The molecule has 1 unspecified atom stereocenters. The van der Waals surface area contributed by atoms with Gasteiger partial charge >= 0.3 is 6.01 Å². The van der Waals surface area contributed by atoms with E-state index in [2.05, 4.69) is 26.9 Å².